The Bertz CT molecular complexity index is 760. The fourth-order valence-corrected chi connectivity index (χ4v) is 3.38. The highest BCUT2D eigenvalue weighted by atomic mass is 32.1. The molecule has 0 aliphatic rings. The van der Waals surface area contributed by atoms with E-state index in [4.69, 9.17) is 5.73 Å². The fraction of sp³-hybridized carbons (Fsp3) is 0.0769. The second kappa shape index (κ2) is 4.64. The molecule has 0 saturated heterocycles. The van der Waals surface area contributed by atoms with Crippen LogP contribution in [-0.2, 0) is 0 Å². The SMILES string of the molecule is Cc1ccc(C(=O)Nc2nc3ccc(N)cc3s2)s1. The minimum absolute atomic E-state index is 0.120. The summed E-state index contributed by atoms with van der Waals surface area (Å²) >= 11 is 2.89. The number of benzene rings is 1. The van der Waals surface area contributed by atoms with Gasteiger partial charge < -0.3 is 5.73 Å². The van der Waals surface area contributed by atoms with Crippen LogP contribution in [0.15, 0.2) is 30.3 Å². The third-order valence-electron chi connectivity index (χ3n) is 2.60. The number of amides is 1. The van der Waals surface area contributed by atoms with Gasteiger partial charge in [0.25, 0.3) is 5.91 Å². The smallest absolute Gasteiger partial charge is 0.267 e. The van der Waals surface area contributed by atoms with E-state index in [1.165, 1.54) is 22.7 Å². The molecule has 6 heteroatoms. The number of fused-ring (bicyclic) bond motifs is 1. The Hall–Kier alpha value is -1.92. The lowest BCUT2D eigenvalue weighted by molar-refractivity contribution is 0.103. The maximum atomic E-state index is 12.0. The number of hydrogen-bond acceptors (Lipinski definition) is 5. The van der Waals surface area contributed by atoms with Gasteiger partial charge in [0.1, 0.15) is 0 Å². The molecule has 4 nitrogen and oxygen atoms in total. The van der Waals surface area contributed by atoms with Crippen molar-refractivity contribution < 1.29 is 4.79 Å². The first-order chi connectivity index (χ1) is 9.11. The van der Waals surface area contributed by atoms with Crippen molar-refractivity contribution in [3.05, 3.63) is 40.1 Å². The van der Waals surface area contributed by atoms with Crippen molar-refractivity contribution in [3.63, 3.8) is 0 Å². The molecule has 0 aliphatic carbocycles. The van der Waals surface area contributed by atoms with Gasteiger partial charge in [-0.05, 0) is 37.3 Å². The predicted molar refractivity (Wildman–Crippen MR) is 81.0 cm³/mol. The van der Waals surface area contributed by atoms with Gasteiger partial charge in [0, 0.05) is 10.6 Å². The van der Waals surface area contributed by atoms with E-state index in [9.17, 15) is 4.79 Å². The van der Waals surface area contributed by atoms with E-state index in [0.29, 0.717) is 15.7 Å². The third-order valence-corrected chi connectivity index (χ3v) is 4.53. The van der Waals surface area contributed by atoms with Crippen LogP contribution in [0.1, 0.15) is 14.5 Å². The average Bonchev–Trinajstić information content (AvgIpc) is 2.94. The summed E-state index contributed by atoms with van der Waals surface area (Å²) < 4.78 is 0.970. The van der Waals surface area contributed by atoms with Gasteiger partial charge in [0.05, 0.1) is 15.1 Å². The molecule has 0 fully saturated rings. The lowest BCUT2D eigenvalue weighted by Crippen LogP contribution is -2.09. The zero-order chi connectivity index (χ0) is 13.4. The molecule has 0 bridgehead atoms. The number of rotatable bonds is 2. The van der Waals surface area contributed by atoms with Crippen LogP contribution in [0.4, 0.5) is 10.8 Å². The number of carbonyl (C=O) groups excluding carboxylic acids is 1. The number of carbonyl (C=O) groups is 1. The lowest BCUT2D eigenvalue weighted by atomic mass is 10.3. The van der Waals surface area contributed by atoms with Crippen LogP contribution in [-0.4, -0.2) is 10.9 Å². The summed E-state index contributed by atoms with van der Waals surface area (Å²) in [6, 6.07) is 9.26. The topological polar surface area (TPSA) is 68.0 Å². The van der Waals surface area contributed by atoms with Gasteiger partial charge in [-0.15, -0.1) is 11.3 Å². The molecule has 1 aromatic carbocycles. The number of hydrogen-bond donors (Lipinski definition) is 2. The molecule has 0 atom stereocenters. The number of aromatic nitrogens is 1. The van der Waals surface area contributed by atoms with E-state index >= 15 is 0 Å². The minimum Gasteiger partial charge on any atom is -0.399 e. The van der Waals surface area contributed by atoms with Crippen LogP contribution in [0.25, 0.3) is 10.2 Å². The number of aryl methyl sites for hydroxylation is 1. The summed E-state index contributed by atoms with van der Waals surface area (Å²) in [6.45, 7) is 1.97. The summed E-state index contributed by atoms with van der Waals surface area (Å²) in [5.74, 6) is -0.120. The number of nitrogens with one attached hydrogen (secondary N) is 1. The predicted octanol–water partition coefficient (Wildman–Crippen LogP) is 3.50. The van der Waals surface area contributed by atoms with Gasteiger partial charge in [0.15, 0.2) is 5.13 Å². The number of nitrogens with two attached hydrogens (primary N) is 1. The van der Waals surface area contributed by atoms with Crippen LogP contribution in [0, 0.1) is 6.92 Å². The zero-order valence-electron chi connectivity index (χ0n) is 10.1. The van der Waals surface area contributed by atoms with E-state index in [-0.39, 0.29) is 5.91 Å². The standard InChI is InChI=1S/C13H11N3OS2/c1-7-2-5-10(18-7)12(17)16-13-15-9-4-3-8(14)6-11(9)19-13/h2-6H,14H2,1H3,(H,15,16,17). The van der Waals surface area contributed by atoms with E-state index in [0.717, 1.165) is 15.1 Å². The van der Waals surface area contributed by atoms with Crippen molar-refractivity contribution in [1.82, 2.24) is 4.98 Å². The van der Waals surface area contributed by atoms with Crippen LogP contribution in [0.5, 0.6) is 0 Å². The first kappa shape index (κ1) is 12.1. The van der Waals surface area contributed by atoms with E-state index < -0.39 is 0 Å². The largest absolute Gasteiger partial charge is 0.399 e. The van der Waals surface area contributed by atoms with Crippen molar-refractivity contribution in [3.8, 4) is 0 Å². The molecule has 96 valence electrons. The molecule has 1 amide bonds. The van der Waals surface area contributed by atoms with Crippen LogP contribution in [0.3, 0.4) is 0 Å². The first-order valence-electron chi connectivity index (χ1n) is 5.66. The van der Waals surface area contributed by atoms with Crippen molar-refractivity contribution in [2.75, 3.05) is 11.1 Å². The molecular weight excluding hydrogens is 278 g/mol. The molecule has 3 N–H and O–H groups in total. The van der Waals surface area contributed by atoms with Gasteiger partial charge >= 0.3 is 0 Å². The van der Waals surface area contributed by atoms with Gasteiger partial charge in [0.2, 0.25) is 0 Å². The van der Waals surface area contributed by atoms with Crippen LogP contribution in [0.2, 0.25) is 0 Å². The molecule has 0 radical (unpaired) electrons. The highest BCUT2D eigenvalue weighted by molar-refractivity contribution is 7.22. The summed E-state index contributed by atoms with van der Waals surface area (Å²) in [5.41, 5.74) is 7.26. The van der Waals surface area contributed by atoms with Crippen molar-refractivity contribution in [2.24, 2.45) is 0 Å². The molecule has 0 aliphatic heterocycles. The van der Waals surface area contributed by atoms with Crippen molar-refractivity contribution in [2.45, 2.75) is 6.92 Å². The number of anilines is 2. The Kier molecular flexibility index (Phi) is 2.96. The van der Waals surface area contributed by atoms with Crippen LogP contribution < -0.4 is 11.1 Å². The number of nitrogens with zero attached hydrogens (tertiary/aromatic N) is 1. The van der Waals surface area contributed by atoms with Gasteiger partial charge in [-0.2, -0.15) is 0 Å². The second-order valence-corrected chi connectivity index (χ2v) is 6.43. The highest BCUT2D eigenvalue weighted by Gasteiger charge is 2.11. The molecule has 0 unspecified atom stereocenters. The van der Waals surface area contributed by atoms with Crippen molar-refractivity contribution >= 4 is 49.6 Å². The molecular formula is C13H11N3OS2. The molecule has 3 rings (SSSR count). The normalized spacial score (nSPS) is 10.8. The molecule has 2 aromatic heterocycles. The number of thiazole rings is 1. The average molecular weight is 289 g/mol. The van der Waals surface area contributed by atoms with E-state index in [1.807, 2.05) is 31.2 Å². The Morgan fingerprint density at radius 2 is 2.11 bits per heavy atom. The van der Waals surface area contributed by atoms with Gasteiger partial charge in [-0.1, -0.05) is 11.3 Å². The quantitative estimate of drug-likeness (QED) is 0.709. The molecule has 2 heterocycles. The molecule has 0 saturated carbocycles. The van der Waals surface area contributed by atoms with Crippen molar-refractivity contribution in [1.29, 1.82) is 0 Å². The first-order valence-corrected chi connectivity index (χ1v) is 7.29. The summed E-state index contributed by atoms with van der Waals surface area (Å²) in [4.78, 5) is 18.2. The van der Waals surface area contributed by atoms with Gasteiger partial charge in [-0.25, -0.2) is 4.98 Å². The Morgan fingerprint density at radius 3 is 2.84 bits per heavy atom. The third kappa shape index (κ3) is 2.45. The summed E-state index contributed by atoms with van der Waals surface area (Å²) in [6.07, 6.45) is 0. The molecule has 19 heavy (non-hydrogen) atoms. The monoisotopic (exact) mass is 289 g/mol. The lowest BCUT2D eigenvalue weighted by Gasteiger charge is -1.97. The Morgan fingerprint density at radius 1 is 1.26 bits per heavy atom. The summed E-state index contributed by atoms with van der Waals surface area (Å²) in [7, 11) is 0. The maximum Gasteiger partial charge on any atom is 0.267 e. The molecule has 3 aromatic rings. The maximum absolute atomic E-state index is 12.0. The minimum atomic E-state index is -0.120. The highest BCUT2D eigenvalue weighted by Crippen LogP contribution is 2.28. The number of thiophene rings is 1. The van der Waals surface area contributed by atoms with Crippen LogP contribution >= 0.6 is 22.7 Å². The van der Waals surface area contributed by atoms with Gasteiger partial charge in [-0.3, -0.25) is 10.1 Å². The number of nitrogen functional groups attached to an aromatic ring is 1. The molecule has 0 spiro atoms. The zero-order valence-corrected chi connectivity index (χ0v) is 11.8. The Balaban J connectivity index is 1.87. The van der Waals surface area contributed by atoms with E-state index in [2.05, 4.69) is 10.3 Å². The Labute approximate surface area is 117 Å². The van der Waals surface area contributed by atoms with E-state index in [1.54, 1.807) is 6.07 Å². The fourth-order valence-electron chi connectivity index (χ4n) is 1.71. The summed E-state index contributed by atoms with van der Waals surface area (Å²) in [5, 5.41) is 3.41. The second-order valence-electron chi connectivity index (χ2n) is 4.11.